The van der Waals surface area contributed by atoms with Crippen molar-refractivity contribution >= 4 is 27.6 Å². The summed E-state index contributed by atoms with van der Waals surface area (Å²) in [6, 6.07) is 4.62. The lowest BCUT2D eigenvalue weighted by molar-refractivity contribution is -0.141. The molecule has 0 aliphatic carbocycles. The van der Waals surface area contributed by atoms with Crippen molar-refractivity contribution in [3.8, 4) is 0 Å². The first-order valence-electron chi connectivity index (χ1n) is 5.48. The number of carbonyl (C=O) groups is 1. The third-order valence-corrected chi connectivity index (χ3v) is 2.79. The van der Waals surface area contributed by atoms with E-state index in [0.717, 1.165) is 12.8 Å². The summed E-state index contributed by atoms with van der Waals surface area (Å²) in [4.78, 5) is 11.3. The Balaban J connectivity index is 2.42. The zero-order valence-corrected chi connectivity index (χ0v) is 11.2. The number of para-hydroxylation sites is 1. The van der Waals surface area contributed by atoms with E-state index in [2.05, 4.69) is 21.2 Å². The van der Waals surface area contributed by atoms with Crippen molar-refractivity contribution in [2.24, 2.45) is 0 Å². The number of halogens is 2. The van der Waals surface area contributed by atoms with Crippen molar-refractivity contribution in [2.75, 3.05) is 18.5 Å². The van der Waals surface area contributed by atoms with Crippen molar-refractivity contribution in [1.29, 1.82) is 0 Å². The third kappa shape index (κ3) is 4.73. The van der Waals surface area contributed by atoms with Gasteiger partial charge in [0.1, 0.15) is 12.4 Å². The number of unbranched alkanes of at least 4 members (excludes halogenated alkanes) is 1. The number of hydrogen-bond acceptors (Lipinski definition) is 3. The van der Waals surface area contributed by atoms with Gasteiger partial charge in [-0.25, -0.2) is 4.39 Å². The summed E-state index contributed by atoms with van der Waals surface area (Å²) >= 11 is 3.21. The number of carbonyl (C=O) groups excluding carboxylic acids is 1. The maximum atomic E-state index is 13.4. The van der Waals surface area contributed by atoms with E-state index >= 15 is 0 Å². The molecule has 17 heavy (non-hydrogen) atoms. The highest BCUT2D eigenvalue weighted by atomic mass is 79.9. The van der Waals surface area contributed by atoms with Crippen LogP contribution in [0.4, 0.5) is 10.1 Å². The first-order valence-corrected chi connectivity index (χ1v) is 6.28. The van der Waals surface area contributed by atoms with Gasteiger partial charge in [-0.2, -0.15) is 0 Å². The molecule has 3 nitrogen and oxygen atoms in total. The number of benzene rings is 1. The highest BCUT2D eigenvalue weighted by Crippen LogP contribution is 2.24. The predicted molar refractivity (Wildman–Crippen MR) is 68.5 cm³/mol. The molecule has 1 N–H and O–H groups in total. The first kappa shape index (κ1) is 14.0. The van der Waals surface area contributed by atoms with E-state index in [1.165, 1.54) is 6.07 Å². The molecule has 0 aromatic heterocycles. The van der Waals surface area contributed by atoms with Gasteiger partial charge >= 0.3 is 5.97 Å². The second-order valence-corrected chi connectivity index (χ2v) is 4.38. The molecule has 0 spiro atoms. The van der Waals surface area contributed by atoms with Crippen molar-refractivity contribution in [2.45, 2.75) is 19.8 Å². The Morgan fingerprint density at radius 2 is 2.29 bits per heavy atom. The minimum Gasteiger partial charge on any atom is -0.464 e. The number of nitrogens with one attached hydrogen (secondary N) is 1. The van der Waals surface area contributed by atoms with E-state index in [9.17, 15) is 9.18 Å². The number of esters is 1. The van der Waals surface area contributed by atoms with Crippen LogP contribution in [-0.4, -0.2) is 19.1 Å². The van der Waals surface area contributed by atoms with Crippen LogP contribution in [0.25, 0.3) is 0 Å². The number of anilines is 1. The summed E-state index contributed by atoms with van der Waals surface area (Å²) in [7, 11) is 0. The number of rotatable bonds is 6. The second-order valence-electron chi connectivity index (χ2n) is 3.52. The lowest BCUT2D eigenvalue weighted by Gasteiger charge is -2.09. The van der Waals surface area contributed by atoms with Crippen LogP contribution in [0.1, 0.15) is 19.8 Å². The summed E-state index contributed by atoms with van der Waals surface area (Å²) in [5.74, 6) is -0.783. The maximum absolute atomic E-state index is 13.4. The monoisotopic (exact) mass is 303 g/mol. The fourth-order valence-electron chi connectivity index (χ4n) is 1.21. The maximum Gasteiger partial charge on any atom is 0.325 e. The quantitative estimate of drug-likeness (QED) is 0.647. The molecule has 0 atom stereocenters. The van der Waals surface area contributed by atoms with Crippen molar-refractivity contribution in [3.63, 3.8) is 0 Å². The Morgan fingerprint density at radius 3 is 2.94 bits per heavy atom. The normalized spacial score (nSPS) is 10.1. The summed E-state index contributed by atoms with van der Waals surface area (Å²) in [5, 5.41) is 2.71. The van der Waals surface area contributed by atoms with Crippen LogP contribution in [-0.2, 0) is 9.53 Å². The molecule has 0 amide bonds. The zero-order chi connectivity index (χ0) is 12.7. The van der Waals surface area contributed by atoms with Gasteiger partial charge in [0.15, 0.2) is 0 Å². The van der Waals surface area contributed by atoms with Gasteiger partial charge in [-0.3, -0.25) is 4.79 Å². The lowest BCUT2D eigenvalue weighted by atomic mass is 10.3. The number of ether oxygens (including phenoxy) is 1. The molecule has 94 valence electrons. The summed E-state index contributed by atoms with van der Waals surface area (Å²) in [6.07, 6.45) is 1.81. The molecule has 0 aliphatic rings. The largest absolute Gasteiger partial charge is 0.464 e. The Labute approximate surface area is 108 Å². The average molecular weight is 304 g/mol. The van der Waals surface area contributed by atoms with Crippen molar-refractivity contribution in [1.82, 2.24) is 0 Å². The van der Waals surface area contributed by atoms with Crippen LogP contribution in [0, 0.1) is 5.82 Å². The SMILES string of the molecule is CCCCOC(=O)CNc1c(F)cccc1Br. The third-order valence-electron chi connectivity index (χ3n) is 2.13. The molecule has 5 heteroatoms. The number of hydrogen-bond donors (Lipinski definition) is 1. The van der Waals surface area contributed by atoms with E-state index in [1.807, 2.05) is 6.92 Å². The van der Waals surface area contributed by atoms with Gasteiger partial charge in [0.2, 0.25) is 0 Å². The summed E-state index contributed by atoms with van der Waals surface area (Å²) in [6.45, 7) is 2.39. The van der Waals surface area contributed by atoms with E-state index < -0.39 is 5.82 Å². The molecular formula is C12H15BrFNO2. The first-order chi connectivity index (χ1) is 8.15. The van der Waals surface area contributed by atoms with Crippen LogP contribution >= 0.6 is 15.9 Å². The van der Waals surface area contributed by atoms with E-state index in [4.69, 9.17) is 4.74 Å². The van der Waals surface area contributed by atoms with Gasteiger partial charge in [-0.15, -0.1) is 0 Å². The van der Waals surface area contributed by atoms with Crippen LogP contribution in [0.5, 0.6) is 0 Å². The minimum absolute atomic E-state index is 0.0384. The van der Waals surface area contributed by atoms with E-state index in [-0.39, 0.29) is 18.2 Å². The van der Waals surface area contributed by atoms with Crippen LogP contribution < -0.4 is 5.32 Å². The fraction of sp³-hybridized carbons (Fsp3) is 0.417. The van der Waals surface area contributed by atoms with Gasteiger partial charge in [0.25, 0.3) is 0 Å². The van der Waals surface area contributed by atoms with E-state index in [0.29, 0.717) is 11.1 Å². The topological polar surface area (TPSA) is 38.3 Å². The van der Waals surface area contributed by atoms with Gasteiger partial charge < -0.3 is 10.1 Å². The molecule has 1 aromatic rings. The van der Waals surface area contributed by atoms with Crippen molar-refractivity contribution in [3.05, 3.63) is 28.5 Å². The molecule has 0 unspecified atom stereocenters. The predicted octanol–water partition coefficient (Wildman–Crippen LogP) is 3.34. The molecule has 0 aliphatic heterocycles. The summed E-state index contributed by atoms with van der Waals surface area (Å²) in [5.41, 5.74) is 0.278. The van der Waals surface area contributed by atoms with Gasteiger partial charge in [-0.1, -0.05) is 19.4 Å². The van der Waals surface area contributed by atoms with Crippen LogP contribution in [0.2, 0.25) is 0 Å². The molecule has 1 aromatic carbocycles. The molecule has 0 saturated carbocycles. The fourth-order valence-corrected chi connectivity index (χ4v) is 1.69. The smallest absolute Gasteiger partial charge is 0.325 e. The Bertz CT molecular complexity index is 365. The highest BCUT2D eigenvalue weighted by molar-refractivity contribution is 9.10. The molecular weight excluding hydrogens is 289 g/mol. The van der Waals surface area contributed by atoms with Crippen LogP contribution in [0.15, 0.2) is 22.7 Å². The standard InChI is InChI=1S/C12H15BrFNO2/c1-2-3-7-17-11(16)8-15-12-9(13)5-4-6-10(12)14/h4-6,15H,2-3,7-8H2,1H3. The van der Waals surface area contributed by atoms with E-state index in [1.54, 1.807) is 12.1 Å². The molecule has 0 radical (unpaired) electrons. The molecule has 1 rings (SSSR count). The minimum atomic E-state index is -0.402. The zero-order valence-electron chi connectivity index (χ0n) is 9.63. The molecule has 0 fully saturated rings. The summed E-state index contributed by atoms with van der Waals surface area (Å²) < 4.78 is 18.9. The van der Waals surface area contributed by atoms with Gasteiger partial charge in [-0.05, 0) is 34.5 Å². The van der Waals surface area contributed by atoms with Crippen LogP contribution in [0.3, 0.4) is 0 Å². The Morgan fingerprint density at radius 1 is 1.53 bits per heavy atom. The Hall–Kier alpha value is -1.10. The van der Waals surface area contributed by atoms with Gasteiger partial charge in [0.05, 0.1) is 12.3 Å². The Kier molecular flexibility index (Phi) is 5.97. The average Bonchev–Trinajstić information content (AvgIpc) is 2.29. The second kappa shape index (κ2) is 7.27. The lowest BCUT2D eigenvalue weighted by Crippen LogP contribution is -2.18. The van der Waals surface area contributed by atoms with Crippen molar-refractivity contribution < 1.29 is 13.9 Å². The molecule has 0 saturated heterocycles. The highest BCUT2D eigenvalue weighted by Gasteiger charge is 2.08. The van der Waals surface area contributed by atoms with Gasteiger partial charge in [0, 0.05) is 4.47 Å². The molecule has 0 bridgehead atoms. The molecule has 0 heterocycles.